The maximum absolute atomic E-state index is 11.3. The molecule has 2 aromatic heterocycles. The normalized spacial score (nSPS) is 10.0. The lowest BCUT2D eigenvalue weighted by Gasteiger charge is -1.98. The summed E-state index contributed by atoms with van der Waals surface area (Å²) in [6.45, 7) is 0.346. The van der Waals surface area contributed by atoms with Gasteiger partial charge in [0.15, 0.2) is 5.69 Å². The Bertz CT molecular complexity index is 393. The molecular weight excluding hydrogens is 184 g/mol. The first-order valence-corrected chi connectivity index (χ1v) is 4.02. The van der Waals surface area contributed by atoms with E-state index in [2.05, 4.69) is 20.7 Å². The zero-order valence-corrected chi connectivity index (χ0v) is 7.23. The highest BCUT2D eigenvalue weighted by molar-refractivity contribution is 5.91. The Labute approximate surface area is 79.3 Å². The summed E-state index contributed by atoms with van der Waals surface area (Å²) >= 11 is 0. The molecule has 0 radical (unpaired) electrons. The van der Waals surface area contributed by atoms with Crippen LogP contribution in [0.25, 0.3) is 0 Å². The van der Waals surface area contributed by atoms with Gasteiger partial charge in [-0.25, -0.2) is 0 Å². The van der Waals surface area contributed by atoms with Crippen LogP contribution in [0.2, 0.25) is 0 Å². The number of furan rings is 1. The van der Waals surface area contributed by atoms with Crippen molar-refractivity contribution in [1.82, 2.24) is 20.7 Å². The van der Waals surface area contributed by atoms with Gasteiger partial charge in [-0.1, -0.05) is 0 Å². The molecule has 0 aliphatic carbocycles. The average molecular weight is 192 g/mol. The number of H-pyrrole nitrogens is 1. The van der Waals surface area contributed by atoms with Gasteiger partial charge in [-0.15, -0.1) is 0 Å². The molecule has 6 nitrogen and oxygen atoms in total. The third-order valence-electron chi connectivity index (χ3n) is 1.65. The Morgan fingerprint density at radius 1 is 1.64 bits per heavy atom. The lowest BCUT2D eigenvalue weighted by atomic mass is 10.4. The summed E-state index contributed by atoms with van der Waals surface area (Å²) in [5, 5.41) is 12.2. The number of amides is 1. The van der Waals surface area contributed by atoms with Crippen molar-refractivity contribution in [1.29, 1.82) is 0 Å². The van der Waals surface area contributed by atoms with E-state index in [1.807, 2.05) is 0 Å². The molecular formula is C8H8N4O2. The SMILES string of the molecule is O=C(NCc1ccco1)c1cn[nH]n1. The number of carbonyl (C=O) groups excluding carboxylic acids is 1. The molecule has 0 saturated heterocycles. The monoisotopic (exact) mass is 192 g/mol. The van der Waals surface area contributed by atoms with E-state index in [0.717, 1.165) is 0 Å². The number of aromatic amines is 1. The standard InChI is InChI=1S/C8H8N4O2/c13-8(7-5-10-12-11-7)9-4-6-2-1-3-14-6/h1-3,5H,4H2,(H,9,13)(H,10,11,12). The van der Waals surface area contributed by atoms with E-state index in [0.29, 0.717) is 12.3 Å². The topological polar surface area (TPSA) is 83.8 Å². The first kappa shape index (κ1) is 8.49. The smallest absolute Gasteiger partial charge is 0.273 e. The zero-order valence-electron chi connectivity index (χ0n) is 7.23. The molecule has 2 N–H and O–H groups in total. The molecule has 0 unspecified atom stereocenters. The number of aromatic nitrogens is 3. The van der Waals surface area contributed by atoms with Crippen molar-refractivity contribution in [3.05, 3.63) is 36.0 Å². The van der Waals surface area contributed by atoms with E-state index < -0.39 is 0 Å². The lowest BCUT2D eigenvalue weighted by molar-refractivity contribution is 0.0943. The maximum atomic E-state index is 11.3. The second kappa shape index (κ2) is 3.73. The lowest BCUT2D eigenvalue weighted by Crippen LogP contribution is -2.22. The van der Waals surface area contributed by atoms with E-state index in [1.165, 1.54) is 6.20 Å². The van der Waals surface area contributed by atoms with Gasteiger partial charge in [-0.2, -0.15) is 15.4 Å². The molecule has 2 rings (SSSR count). The van der Waals surface area contributed by atoms with Gasteiger partial charge in [0.05, 0.1) is 19.0 Å². The minimum absolute atomic E-state index is 0.261. The molecule has 0 spiro atoms. The summed E-state index contributed by atoms with van der Waals surface area (Å²) < 4.78 is 5.04. The second-order valence-corrected chi connectivity index (χ2v) is 2.62. The molecule has 14 heavy (non-hydrogen) atoms. The van der Waals surface area contributed by atoms with Crippen LogP contribution in [-0.2, 0) is 6.54 Å². The molecule has 1 amide bonds. The summed E-state index contributed by atoms with van der Waals surface area (Å²) in [4.78, 5) is 11.3. The van der Waals surface area contributed by atoms with Gasteiger partial charge in [0.2, 0.25) is 0 Å². The summed E-state index contributed by atoms with van der Waals surface area (Å²) in [5.74, 6) is 0.414. The van der Waals surface area contributed by atoms with Crippen LogP contribution < -0.4 is 5.32 Å². The Morgan fingerprint density at radius 2 is 2.57 bits per heavy atom. The Morgan fingerprint density at radius 3 is 3.21 bits per heavy atom. The van der Waals surface area contributed by atoms with E-state index in [1.54, 1.807) is 18.4 Å². The Kier molecular flexibility index (Phi) is 2.26. The minimum Gasteiger partial charge on any atom is -0.467 e. The van der Waals surface area contributed by atoms with Crippen LogP contribution in [0.4, 0.5) is 0 Å². The highest BCUT2D eigenvalue weighted by Crippen LogP contribution is 1.99. The van der Waals surface area contributed by atoms with Crippen molar-refractivity contribution in [3.63, 3.8) is 0 Å². The number of carbonyl (C=O) groups is 1. The summed E-state index contributed by atoms with van der Waals surface area (Å²) in [7, 11) is 0. The van der Waals surface area contributed by atoms with Crippen LogP contribution in [0.15, 0.2) is 29.0 Å². The predicted molar refractivity (Wildman–Crippen MR) is 46.3 cm³/mol. The first-order chi connectivity index (χ1) is 6.86. The van der Waals surface area contributed by atoms with E-state index >= 15 is 0 Å². The van der Waals surface area contributed by atoms with Crippen LogP contribution in [0.3, 0.4) is 0 Å². The van der Waals surface area contributed by atoms with Crippen molar-refractivity contribution < 1.29 is 9.21 Å². The number of hydrogen-bond acceptors (Lipinski definition) is 4. The largest absolute Gasteiger partial charge is 0.467 e. The van der Waals surface area contributed by atoms with E-state index in [-0.39, 0.29) is 11.6 Å². The van der Waals surface area contributed by atoms with Gasteiger partial charge < -0.3 is 9.73 Å². The summed E-state index contributed by atoms with van der Waals surface area (Å²) in [5.41, 5.74) is 0.261. The highest BCUT2D eigenvalue weighted by Gasteiger charge is 2.07. The van der Waals surface area contributed by atoms with Crippen molar-refractivity contribution in [2.24, 2.45) is 0 Å². The van der Waals surface area contributed by atoms with Gasteiger partial charge in [0, 0.05) is 0 Å². The van der Waals surface area contributed by atoms with Crippen molar-refractivity contribution in [3.8, 4) is 0 Å². The quantitative estimate of drug-likeness (QED) is 0.733. The molecule has 0 aliphatic rings. The summed E-state index contributed by atoms with van der Waals surface area (Å²) in [6.07, 6.45) is 2.91. The number of hydrogen-bond donors (Lipinski definition) is 2. The van der Waals surface area contributed by atoms with Crippen LogP contribution in [0, 0.1) is 0 Å². The van der Waals surface area contributed by atoms with Crippen LogP contribution in [0.5, 0.6) is 0 Å². The van der Waals surface area contributed by atoms with Gasteiger partial charge in [-0.05, 0) is 12.1 Å². The molecule has 2 aromatic rings. The van der Waals surface area contributed by atoms with E-state index in [9.17, 15) is 4.79 Å². The molecule has 0 aliphatic heterocycles. The fourth-order valence-corrected chi connectivity index (χ4v) is 0.982. The zero-order chi connectivity index (χ0) is 9.80. The van der Waals surface area contributed by atoms with Crippen LogP contribution >= 0.6 is 0 Å². The Hall–Kier alpha value is -2.11. The fraction of sp³-hybridized carbons (Fsp3) is 0.125. The minimum atomic E-state index is -0.282. The second-order valence-electron chi connectivity index (χ2n) is 2.62. The van der Waals surface area contributed by atoms with E-state index in [4.69, 9.17) is 4.42 Å². The molecule has 0 atom stereocenters. The molecule has 0 bridgehead atoms. The van der Waals surface area contributed by atoms with Gasteiger partial charge in [0.1, 0.15) is 5.76 Å². The predicted octanol–water partition coefficient (Wildman–Crippen LogP) is 0.328. The van der Waals surface area contributed by atoms with Crippen molar-refractivity contribution in [2.75, 3.05) is 0 Å². The Balaban J connectivity index is 1.90. The van der Waals surface area contributed by atoms with Crippen LogP contribution in [-0.4, -0.2) is 21.3 Å². The number of nitrogens with zero attached hydrogens (tertiary/aromatic N) is 2. The van der Waals surface area contributed by atoms with Gasteiger partial charge in [0.25, 0.3) is 5.91 Å². The molecule has 0 fully saturated rings. The molecule has 72 valence electrons. The number of rotatable bonds is 3. The molecule has 6 heteroatoms. The van der Waals surface area contributed by atoms with Crippen LogP contribution in [0.1, 0.15) is 16.2 Å². The maximum Gasteiger partial charge on any atom is 0.273 e. The third-order valence-corrected chi connectivity index (χ3v) is 1.65. The third kappa shape index (κ3) is 1.79. The summed E-state index contributed by atoms with van der Waals surface area (Å²) in [6, 6.07) is 3.54. The fourth-order valence-electron chi connectivity index (χ4n) is 0.982. The average Bonchev–Trinajstić information content (AvgIpc) is 2.87. The highest BCUT2D eigenvalue weighted by atomic mass is 16.3. The van der Waals surface area contributed by atoms with Crippen molar-refractivity contribution in [2.45, 2.75) is 6.54 Å². The van der Waals surface area contributed by atoms with Crippen molar-refractivity contribution >= 4 is 5.91 Å². The van der Waals surface area contributed by atoms with Gasteiger partial charge in [-0.3, -0.25) is 4.79 Å². The molecule has 0 aromatic carbocycles. The molecule has 0 saturated carbocycles. The molecule has 2 heterocycles. The van der Waals surface area contributed by atoms with Gasteiger partial charge >= 0.3 is 0 Å². The first-order valence-electron chi connectivity index (χ1n) is 4.02. The number of nitrogens with one attached hydrogen (secondary N) is 2.